The highest BCUT2D eigenvalue weighted by molar-refractivity contribution is 5.55. The predicted molar refractivity (Wildman–Crippen MR) is 53.2 cm³/mol. The third-order valence-corrected chi connectivity index (χ3v) is 2.08. The van der Waals surface area contributed by atoms with Crippen molar-refractivity contribution in [3.8, 4) is 6.07 Å². The van der Waals surface area contributed by atoms with E-state index in [2.05, 4.69) is 10.4 Å². The molecule has 1 aromatic heterocycles. The lowest BCUT2D eigenvalue weighted by Crippen LogP contribution is -2.31. The van der Waals surface area contributed by atoms with Gasteiger partial charge in [0.15, 0.2) is 0 Å². The number of aryl methyl sites for hydroxylation is 2. The molecule has 0 aliphatic rings. The van der Waals surface area contributed by atoms with Gasteiger partial charge in [0.05, 0.1) is 12.2 Å². The zero-order valence-electron chi connectivity index (χ0n) is 8.96. The second kappa shape index (κ2) is 4.45. The Hall–Kier alpha value is -1.68. The van der Waals surface area contributed by atoms with E-state index in [4.69, 9.17) is 10.4 Å². The molecule has 0 aliphatic heterocycles. The van der Waals surface area contributed by atoms with E-state index in [9.17, 15) is 8.78 Å². The lowest BCUT2D eigenvalue weighted by atomic mass is 10.2. The van der Waals surface area contributed by atoms with Crippen LogP contribution in [0.15, 0.2) is 0 Å². The number of alkyl halides is 2. The zero-order valence-corrected chi connectivity index (χ0v) is 8.96. The van der Waals surface area contributed by atoms with Crippen LogP contribution < -0.4 is 5.32 Å². The molecule has 0 saturated heterocycles. The van der Waals surface area contributed by atoms with E-state index in [1.165, 1.54) is 4.68 Å². The number of nitriles is 1. The van der Waals surface area contributed by atoms with E-state index in [1.807, 2.05) is 6.07 Å². The van der Waals surface area contributed by atoms with Gasteiger partial charge in [0.2, 0.25) is 0 Å². The van der Waals surface area contributed by atoms with Gasteiger partial charge in [-0.1, -0.05) is 0 Å². The van der Waals surface area contributed by atoms with Crippen molar-refractivity contribution in [2.75, 3.05) is 18.5 Å². The monoisotopic (exact) mass is 230 g/mol. The van der Waals surface area contributed by atoms with Gasteiger partial charge in [0.25, 0.3) is 5.92 Å². The van der Waals surface area contributed by atoms with E-state index in [-0.39, 0.29) is 11.4 Å². The molecule has 7 heteroatoms. The Morgan fingerprint density at radius 1 is 1.62 bits per heavy atom. The maximum atomic E-state index is 12.8. The first-order chi connectivity index (χ1) is 7.41. The fourth-order valence-electron chi connectivity index (χ4n) is 1.26. The summed E-state index contributed by atoms with van der Waals surface area (Å²) in [6.45, 7) is -0.357. The maximum absolute atomic E-state index is 12.8. The van der Waals surface area contributed by atoms with Crippen molar-refractivity contribution in [2.45, 2.75) is 12.8 Å². The van der Waals surface area contributed by atoms with Gasteiger partial charge in [-0.05, 0) is 6.92 Å². The Labute approximate surface area is 91.3 Å². The van der Waals surface area contributed by atoms with Crippen LogP contribution >= 0.6 is 0 Å². The molecular formula is C9H12F2N4O. The van der Waals surface area contributed by atoms with Crippen LogP contribution in [-0.2, 0) is 7.05 Å². The van der Waals surface area contributed by atoms with Crippen LogP contribution in [0.4, 0.5) is 14.6 Å². The number of aromatic nitrogens is 2. The highest BCUT2D eigenvalue weighted by Crippen LogP contribution is 2.19. The number of aliphatic hydroxyl groups excluding tert-OH is 1. The fraction of sp³-hybridized carbons (Fsp3) is 0.556. The first kappa shape index (κ1) is 12.4. The summed E-state index contributed by atoms with van der Waals surface area (Å²) in [6, 6.07) is 1.89. The summed E-state index contributed by atoms with van der Waals surface area (Å²) in [5.41, 5.74) is 0.705. The molecule has 0 saturated carbocycles. The average Bonchev–Trinajstić information content (AvgIpc) is 2.50. The largest absolute Gasteiger partial charge is 0.390 e. The highest BCUT2D eigenvalue weighted by Gasteiger charge is 2.28. The first-order valence-electron chi connectivity index (χ1n) is 4.57. The minimum Gasteiger partial charge on any atom is -0.390 e. The molecule has 0 radical (unpaired) electrons. The van der Waals surface area contributed by atoms with Crippen LogP contribution in [0.25, 0.3) is 0 Å². The lowest BCUT2D eigenvalue weighted by Gasteiger charge is -2.14. The molecule has 0 unspecified atom stereocenters. The normalized spacial score (nSPS) is 11.2. The van der Waals surface area contributed by atoms with Crippen molar-refractivity contribution in [1.29, 1.82) is 5.26 Å². The Balaban J connectivity index is 2.86. The summed E-state index contributed by atoms with van der Waals surface area (Å²) in [7, 11) is 1.55. The van der Waals surface area contributed by atoms with Crippen LogP contribution in [0.5, 0.6) is 0 Å². The van der Waals surface area contributed by atoms with E-state index in [0.29, 0.717) is 5.69 Å². The fourth-order valence-corrected chi connectivity index (χ4v) is 1.26. The van der Waals surface area contributed by atoms with Gasteiger partial charge in [-0.3, -0.25) is 4.68 Å². The van der Waals surface area contributed by atoms with Gasteiger partial charge in [-0.15, -0.1) is 0 Å². The minimum absolute atomic E-state index is 0.230. The third-order valence-electron chi connectivity index (χ3n) is 2.08. The Bertz CT molecular complexity index is 422. The molecule has 2 N–H and O–H groups in total. The van der Waals surface area contributed by atoms with Crippen molar-refractivity contribution in [3.63, 3.8) is 0 Å². The molecule has 0 aliphatic carbocycles. The van der Waals surface area contributed by atoms with E-state index in [1.54, 1.807) is 14.0 Å². The van der Waals surface area contributed by atoms with Crippen LogP contribution in [0.2, 0.25) is 0 Å². The molecule has 1 heterocycles. The topological polar surface area (TPSA) is 73.9 Å². The number of nitrogens with one attached hydrogen (secondary N) is 1. The summed E-state index contributed by atoms with van der Waals surface area (Å²) in [6.07, 6.45) is 0. The summed E-state index contributed by atoms with van der Waals surface area (Å²) in [5, 5.41) is 23.6. The number of anilines is 1. The molecule has 16 heavy (non-hydrogen) atoms. The molecule has 0 bridgehead atoms. The predicted octanol–water partition coefficient (Wildman–Crippen LogP) is 0.640. The molecule has 0 spiro atoms. The maximum Gasteiger partial charge on any atom is 0.287 e. The third kappa shape index (κ3) is 2.46. The van der Waals surface area contributed by atoms with Gasteiger partial charge in [-0.25, -0.2) is 8.78 Å². The molecule has 0 aromatic carbocycles. The Kier molecular flexibility index (Phi) is 3.44. The number of halogens is 2. The summed E-state index contributed by atoms with van der Waals surface area (Å²) in [5.74, 6) is -2.99. The second-order valence-corrected chi connectivity index (χ2v) is 3.41. The lowest BCUT2D eigenvalue weighted by molar-refractivity contribution is -0.0373. The van der Waals surface area contributed by atoms with Crippen LogP contribution in [0.1, 0.15) is 11.3 Å². The quantitative estimate of drug-likeness (QED) is 0.796. The van der Waals surface area contributed by atoms with E-state index >= 15 is 0 Å². The van der Waals surface area contributed by atoms with Crippen LogP contribution in [0.3, 0.4) is 0 Å². The number of hydrogen-bond donors (Lipinski definition) is 2. The molecule has 0 atom stereocenters. The van der Waals surface area contributed by atoms with Gasteiger partial charge in [-0.2, -0.15) is 10.4 Å². The van der Waals surface area contributed by atoms with Crippen molar-refractivity contribution in [1.82, 2.24) is 9.78 Å². The van der Waals surface area contributed by atoms with Crippen molar-refractivity contribution in [3.05, 3.63) is 11.3 Å². The summed E-state index contributed by atoms with van der Waals surface area (Å²) < 4.78 is 26.9. The molecule has 1 rings (SSSR count). The molecule has 5 nitrogen and oxygen atoms in total. The van der Waals surface area contributed by atoms with E-state index in [0.717, 1.165) is 0 Å². The van der Waals surface area contributed by atoms with Crippen molar-refractivity contribution in [2.24, 2.45) is 7.05 Å². The van der Waals surface area contributed by atoms with Crippen molar-refractivity contribution < 1.29 is 13.9 Å². The van der Waals surface area contributed by atoms with Gasteiger partial charge in [0, 0.05) is 7.05 Å². The number of rotatable bonds is 4. The Morgan fingerprint density at radius 2 is 2.25 bits per heavy atom. The summed E-state index contributed by atoms with van der Waals surface area (Å²) in [4.78, 5) is 0. The van der Waals surface area contributed by atoms with E-state index < -0.39 is 19.1 Å². The van der Waals surface area contributed by atoms with Crippen molar-refractivity contribution >= 4 is 5.82 Å². The smallest absolute Gasteiger partial charge is 0.287 e. The average molecular weight is 230 g/mol. The first-order valence-corrected chi connectivity index (χ1v) is 4.57. The molecular weight excluding hydrogens is 218 g/mol. The highest BCUT2D eigenvalue weighted by atomic mass is 19.3. The molecule has 1 aromatic rings. The standard InChI is InChI=1S/C9H12F2N4O/c1-6-7(3-12)8(15(2)14-6)13-4-9(10,11)5-16/h13,16H,4-5H2,1-2H3. The molecule has 0 fully saturated rings. The Morgan fingerprint density at radius 3 is 2.75 bits per heavy atom. The number of hydrogen-bond acceptors (Lipinski definition) is 4. The minimum atomic E-state index is -3.22. The van der Waals surface area contributed by atoms with Crippen LogP contribution in [-0.4, -0.2) is 34.0 Å². The molecule has 0 amide bonds. The van der Waals surface area contributed by atoms with Gasteiger partial charge in [0.1, 0.15) is 24.1 Å². The second-order valence-electron chi connectivity index (χ2n) is 3.41. The number of aliphatic hydroxyl groups is 1. The molecule has 88 valence electrons. The van der Waals surface area contributed by atoms with Gasteiger partial charge < -0.3 is 10.4 Å². The zero-order chi connectivity index (χ0) is 12.3. The summed E-state index contributed by atoms with van der Waals surface area (Å²) >= 11 is 0. The SMILES string of the molecule is Cc1nn(C)c(NCC(F)(F)CO)c1C#N. The van der Waals surface area contributed by atoms with Gasteiger partial charge >= 0.3 is 0 Å². The van der Waals surface area contributed by atoms with Crippen LogP contribution in [0, 0.1) is 18.3 Å². The number of nitrogens with zero attached hydrogens (tertiary/aromatic N) is 3.